The monoisotopic (exact) mass is 422 g/mol. The number of amides is 1. The zero-order chi connectivity index (χ0) is 20.3. The van der Waals surface area contributed by atoms with Crippen LogP contribution in [0.5, 0.6) is 0 Å². The molecule has 3 rings (SSSR count). The number of carbonyl (C=O) groups excluding carboxylic acids is 1. The number of nitrogens with one attached hydrogen (secondary N) is 1. The second kappa shape index (κ2) is 8.46. The van der Waals surface area contributed by atoms with Gasteiger partial charge >= 0.3 is 0 Å². The first kappa shape index (κ1) is 20.6. The van der Waals surface area contributed by atoms with E-state index in [1.54, 1.807) is 38.2 Å². The van der Waals surface area contributed by atoms with Crippen molar-refractivity contribution in [2.75, 3.05) is 18.4 Å². The summed E-state index contributed by atoms with van der Waals surface area (Å²) in [6, 6.07) is 6.45. The first-order valence-corrected chi connectivity index (χ1v) is 10.9. The number of hydrogen-bond donors (Lipinski definition) is 1. The first-order valence-electron chi connectivity index (χ1n) is 9.08. The fraction of sp³-hybridized carbons (Fsp3) is 0.368. The Balaban J connectivity index is 1.81. The summed E-state index contributed by atoms with van der Waals surface area (Å²) in [5.41, 5.74) is 1.61. The Morgan fingerprint density at radius 2 is 1.89 bits per heavy atom. The van der Waals surface area contributed by atoms with Gasteiger partial charge in [-0.25, -0.2) is 8.42 Å². The largest absolute Gasteiger partial charge is 0.321 e. The maximum absolute atomic E-state index is 13.0. The number of halogens is 1. The third kappa shape index (κ3) is 4.29. The van der Waals surface area contributed by atoms with Crippen LogP contribution in [-0.4, -0.2) is 41.5 Å². The lowest BCUT2D eigenvalue weighted by Crippen LogP contribution is -2.36. The minimum absolute atomic E-state index is 0.106. The molecular weight excluding hydrogens is 400 g/mol. The van der Waals surface area contributed by atoms with Crippen molar-refractivity contribution in [3.05, 3.63) is 46.8 Å². The van der Waals surface area contributed by atoms with Crippen molar-refractivity contribution in [3.63, 3.8) is 0 Å². The standard InChI is InChI=1S/C19H23ClN4O3S/c1-14-15(19(20)23(2)22-14)10-11-18(25)21-16-8-4-5-9-17(16)28(26,27)24-12-6-3-7-13-24/h4-5,8-11H,3,6-7,12-13H2,1-2H3,(H,21,25)/b11-10+. The van der Waals surface area contributed by atoms with Gasteiger partial charge in [0.25, 0.3) is 0 Å². The molecule has 7 nitrogen and oxygen atoms in total. The molecule has 150 valence electrons. The molecule has 9 heteroatoms. The van der Waals surface area contributed by atoms with Crippen LogP contribution in [0.3, 0.4) is 0 Å². The summed E-state index contributed by atoms with van der Waals surface area (Å²) in [5, 5.41) is 7.28. The highest BCUT2D eigenvalue weighted by Crippen LogP contribution is 2.27. The number of aromatic nitrogens is 2. The fourth-order valence-corrected chi connectivity index (χ4v) is 5.11. The number of hydrogen-bond acceptors (Lipinski definition) is 4. The number of sulfonamides is 1. The van der Waals surface area contributed by atoms with Gasteiger partial charge in [-0.2, -0.15) is 9.40 Å². The molecule has 1 aliphatic rings. The SMILES string of the molecule is Cc1nn(C)c(Cl)c1/C=C/C(=O)Nc1ccccc1S(=O)(=O)N1CCCCC1. The van der Waals surface area contributed by atoms with E-state index in [1.807, 2.05) is 0 Å². The normalized spacial score (nSPS) is 15.8. The maximum Gasteiger partial charge on any atom is 0.248 e. The molecule has 2 aromatic rings. The van der Waals surface area contributed by atoms with Gasteiger partial charge in [-0.15, -0.1) is 0 Å². The van der Waals surface area contributed by atoms with Gasteiger partial charge in [0.05, 0.1) is 11.4 Å². The van der Waals surface area contributed by atoms with E-state index in [1.165, 1.54) is 21.1 Å². The zero-order valence-corrected chi connectivity index (χ0v) is 17.4. The highest BCUT2D eigenvalue weighted by atomic mass is 35.5. The molecule has 0 bridgehead atoms. The Labute approximate surface area is 170 Å². The van der Waals surface area contributed by atoms with E-state index in [4.69, 9.17) is 11.6 Å². The number of nitrogens with zero attached hydrogens (tertiary/aromatic N) is 3. The molecule has 0 unspecified atom stereocenters. The van der Waals surface area contributed by atoms with Gasteiger partial charge in [-0.1, -0.05) is 30.2 Å². The summed E-state index contributed by atoms with van der Waals surface area (Å²) in [6.07, 6.45) is 5.62. The van der Waals surface area contributed by atoms with Gasteiger partial charge < -0.3 is 5.32 Å². The molecular formula is C19H23ClN4O3S. The number of aryl methyl sites for hydroxylation is 2. The smallest absolute Gasteiger partial charge is 0.248 e. The topological polar surface area (TPSA) is 84.3 Å². The van der Waals surface area contributed by atoms with Crippen molar-refractivity contribution in [1.29, 1.82) is 0 Å². The van der Waals surface area contributed by atoms with Crippen LogP contribution >= 0.6 is 11.6 Å². The number of rotatable bonds is 5. The predicted molar refractivity (Wildman–Crippen MR) is 110 cm³/mol. The van der Waals surface area contributed by atoms with Gasteiger partial charge in [-0.05, 0) is 38.0 Å². The van der Waals surface area contributed by atoms with E-state index < -0.39 is 15.9 Å². The zero-order valence-electron chi connectivity index (χ0n) is 15.9. The van der Waals surface area contributed by atoms with Crippen LogP contribution in [0.15, 0.2) is 35.2 Å². The van der Waals surface area contributed by atoms with E-state index in [-0.39, 0.29) is 10.6 Å². The van der Waals surface area contributed by atoms with Crippen molar-refractivity contribution < 1.29 is 13.2 Å². The van der Waals surface area contributed by atoms with Crippen molar-refractivity contribution in [1.82, 2.24) is 14.1 Å². The van der Waals surface area contributed by atoms with Crippen molar-refractivity contribution >= 4 is 39.3 Å². The molecule has 28 heavy (non-hydrogen) atoms. The van der Waals surface area contributed by atoms with E-state index in [0.29, 0.717) is 29.5 Å². The van der Waals surface area contributed by atoms with E-state index in [2.05, 4.69) is 10.4 Å². The molecule has 2 heterocycles. The molecule has 0 atom stereocenters. The molecule has 1 fully saturated rings. The number of benzene rings is 1. The summed E-state index contributed by atoms with van der Waals surface area (Å²) in [7, 11) is -1.94. The number of piperidine rings is 1. The Bertz CT molecular complexity index is 1010. The summed E-state index contributed by atoms with van der Waals surface area (Å²) in [6.45, 7) is 2.80. The van der Waals surface area contributed by atoms with Crippen molar-refractivity contribution in [3.8, 4) is 0 Å². The third-order valence-corrected chi connectivity index (χ3v) is 7.08. The number of carbonyl (C=O) groups is 1. The van der Waals surface area contributed by atoms with Crippen LogP contribution in [-0.2, 0) is 21.9 Å². The first-order chi connectivity index (χ1) is 13.3. The van der Waals surface area contributed by atoms with Crippen LogP contribution < -0.4 is 5.32 Å². The Kier molecular flexibility index (Phi) is 6.22. The molecule has 1 amide bonds. The minimum Gasteiger partial charge on any atom is -0.321 e. The van der Waals surface area contributed by atoms with E-state index in [0.717, 1.165) is 19.3 Å². The Morgan fingerprint density at radius 1 is 1.21 bits per heavy atom. The summed E-state index contributed by atoms with van der Waals surface area (Å²) in [5.74, 6) is -0.444. The fourth-order valence-electron chi connectivity index (χ4n) is 3.21. The highest BCUT2D eigenvalue weighted by molar-refractivity contribution is 7.89. The molecule has 1 N–H and O–H groups in total. The van der Waals surface area contributed by atoms with Crippen molar-refractivity contribution in [2.24, 2.45) is 7.05 Å². The molecule has 1 aromatic heterocycles. The molecule has 1 aliphatic heterocycles. The molecule has 0 spiro atoms. The van der Waals surface area contributed by atoms with Gasteiger partial charge in [0.15, 0.2) is 0 Å². The van der Waals surface area contributed by atoms with Crippen LogP contribution in [0, 0.1) is 6.92 Å². The second-order valence-corrected chi connectivity index (χ2v) is 8.96. The average molecular weight is 423 g/mol. The van der Waals surface area contributed by atoms with Crippen LogP contribution in [0.4, 0.5) is 5.69 Å². The number of anilines is 1. The lowest BCUT2D eigenvalue weighted by molar-refractivity contribution is -0.111. The van der Waals surface area contributed by atoms with Gasteiger partial charge in [0.2, 0.25) is 15.9 Å². The second-order valence-electron chi connectivity index (χ2n) is 6.70. The van der Waals surface area contributed by atoms with Gasteiger partial charge in [0.1, 0.15) is 10.0 Å². The quantitative estimate of drug-likeness (QED) is 0.750. The molecule has 0 radical (unpaired) electrons. The molecule has 1 aromatic carbocycles. The maximum atomic E-state index is 13.0. The Morgan fingerprint density at radius 3 is 2.54 bits per heavy atom. The van der Waals surface area contributed by atoms with Crippen molar-refractivity contribution in [2.45, 2.75) is 31.1 Å². The average Bonchev–Trinajstić information content (AvgIpc) is 2.92. The van der Waals surface area contributed by atoms with Crippen LogP contribution in [0.25, 0.3) is 6.08 Å². The highest BCUT2D eigenvalue weighted by Gasteiger charge is 2.28. The van der Waals surface area contributed by atoms with Crippen LogP contribution in [0.2, 0.25) is 5.15 Å². The molecule has 1 saturated heterocycles. The summed E-state index contributed by atoms with van der Waals surface area (Å²) in [4.78, 5) is 12.5. The predicted octanol–water partition coefficient (Wildman–Crippen LogP) is 3.21. The lowest BCUT2D eigenvalue weighted by atomic mass is 10.2. The van der Waals surface area contributed by atoms with E-state index >= 15 is 0 Å². The lowest BCUT2D eigenvalue weighted by Gasteiger charge is -2.26. The van der Waals surface area contributed by atoms with Gasteiger partial charge in [0, 0.05) is 31.8 Å². The molecule has 0 aliphatic carbocycles. The van der Waals surface area contributed by atoms with E-state index in [9.17, 15) is 13.2 Å². The Hall–Kier alpha value is -2.16. The summed E-state index contributed by atoms with van der Waals surface area (Å²) >= 11 is 6.16. The minimum atomic E-state index is -3.66. The number of para-hydroxylation sites is 1. The summed E-state index contributed by atoms with van der Waals surface area (Å²) < 4.78 is 29.0. The molecule has 0 saturated carbocycles. The third-order valence-electron chi connectivity index (χ3n) is 4.68. The van der Waals surface area contributed by atoms with Gasteiger partial charge in [-0.3, -0.25) is 9.48 Å². The van der Waals surface area contributed by atoms with Crippen LogP contribution in [0.1, 0.15) is 30.5 Å².